The zero-order valence-electron chi connectivity index (χ0n) is 15.1. The van der Waals surface area contributed by atoms with Crippen molar-refractivity contribution in [3.05, 3.63) is 0 Å². The molecule has 0 aliphatic heterocycles. The molecule has 8 heteroatoms. The lowest BCUT2D eigenvalue weighted by atomic mass is 10.0. The Morgan fingerprint density at radius 2 is 0.885 bits per heavy atom. The molecule has 0 rings (SSSR count). The van der Waals surface area contributed by atoms with Gasteiger partial charge in [0.05, 0.1) is 25.2 Å². The molecule has 0 fully saturated rings. The Morgan fingerprint density at radius 1 is 0.500 bits per heavy atom. The molecular weight excluding hydrogens is 336 g/mol. The average Bonchev–Trinajstić information content (AvgIpc) is 2.64. The zero-order valence-corrected chi connectivity index (χ0v) is 15.1. The van der Waals surface area contributed by atoms with E-state index in [1.807, 2.05) is 0 Å². The summed E-state index contributed by atoms with van der Waals surface area (Å²) < 4.78 is 0. The largest absolute Gasteiger partial charge is 0.235 e. The van der Waals surface area contributed by atoms with Crippen molar-refractivity contribution in [3.8, 4) is 0 Å². The molecule has 0 radical (unpaired) electrons. The van der Waals surface area contributed by atoms with E-state index in [4.69, 9.17) is 0 Å². The molecular formula is C18H26N4O4. The number of rotatable bonds is 17. The van der Waals surface area contributed by atoms with Crippen LogP contribution in [-0.4, -0.2) is 49.5 Å². The summed E-state index contributed by atoms with van der Waals surface area (Å²) >= 11 is 0. The lowest BCUT2D eigenvalue weighted by molar-refractivity contribution is 0.476. The fourth-order valence-corrected chi connectivity index (χ4v) is 2.71. The van der Waals surface area contributed by atoms with Gasteiger partial charge in [-0.2, -0.15) is 0 Å². The van der Waals surface area contributed by atoms with Gasteiger partial charge in [-0.05, 0) is 38.5 Å². The lowest BCUT2D eigenvalue weighted by Gasteiger charge is -2.11. The van der Waals surface area contributed by atoms with Gasteiger partial charge >= 0.3 is 0 Å². The van der Waals surface area contributed by atoms with Crippen LogP contribution in [0.5, 0.6) is 0 Å². The number of carbonyl (C=O) groups excluding carboxylic acids is 4. The molecule has 142 valence electrons. The van der Waals surface area contributed by atoms with E-state index in [1.54, 1.807) is 12.2 Å². The summed E-state index contributed by atoms with van der Waals surface area (Å²) in [6, 6.07) is -0.139. The Hall–Kier alpha value is -2.48. The van der Waals surface area contributed by atoms with E-state index in [0.29, 0.717) is 38.8 Å². The van der Waals surface area contributed by atoms with Crippen LogP contribution in [0.4, 0.5) is 0 Å². The predicted octanol–water partition coefficient (Wildman–Crippen LogP) is 2.97. The third-order valence-electron chi connectivity index (χ3n) is 4.04. The van der Waals surface area contributed by atoms with Crippen molar-refractivity contribution in [2.75, 3.05) is 13.1 Å². The molecule has 0 aliphatic carbocycles. The van der Waals surface area contributed by atoms with Gasteiger partial charge < -0.3 is 0 Å². The Kier molecular flexibility index (Phi) is 17.1. The molecule has 8 nitrogen and oxygen atoms in total. The summed E-state index contributed by atoms with van der Waals surface area (Å²) in [6.07, 6.45) is 14.5. The topological polar surface area (TPSA) is 118 Å². The molecule has 0 bridgehead atoms. The Bertz CT molecular complexity index is 506. The number of hydrogen-bond acceptors (Lipinski definition) is 8. The van der Waals surface area contributed by atoms with Crippen molar-refractivity contribution >= 4 is 24.3 Å². The fraction of sp³-hybridized carbons (Fsp3) is 0.778. The molecule has 0 spiro atoms. The Labute approximate surface area is 153 Å². The minimum Gasteiger partial charge on any atom is -0.211 e. The van der Waals surface area contributed by atoms with Crippen LogP contribution in [0.25, 0.3) is 0 Å². The van der Waals surface area contributed by atoms with Gasteiger partial charge in [0.25, 0.3) is 0 Å². The number of nitrogens with zero attached hydrogens (tertiary/aromatic N) is 4. The first-order valence-electron chi connectivity index (χ1n) is 8.99. The first-order valence-corrected chi connectivity index (χ1v) is 8.99. The smallest absolute Gasteiger partial charge is 0.211 e. The van der Waals surface area contributed by atoms with Crippen molar-refractivity contribution in [1.29, 1.82) is 0 Å². The van der Waals surface area contributed by atoms with Crippen LogP contribution in [0.15, 0.2) is 20.0 Å². The molecule has 26 heavy (non-hydrogen) atoms. The van der Waals surface area contributed by atoms with E-state index in [2.05, 4.69) is 20.0 Å². The highest BCUT2D eigenvalue weighted by molar-refractivity contribution is 5.34. The zero-order chi connectivity index (χ0) is 19.3. The molecule has 2 atom stereocenters. The molecule has 2 unspecified atom stereocenters. The van der Waals surface area contributed by atoms with Crippen LogP contribution in [0.1, 0.15) is 64.2 Å². The van der Waals surface area contributed by atoms with Crippen molar-refractivity contribution in [1.82, 2.24) is 0 Å². The van der Waals surface area contributed by atoms with E-state index >= 15 is 0 Å². The molecule has 0 saturated heterocycles. The van der Waals surface area contributed by atoms with E-state index in [9.17, 15) is 19.2 Å². The minimum absolute atomic E-state index is 0.0693. The number of isocyanates is 4. The summed E-state index contributed by atoms with van der Waals surface area (Å²) in [5.74, 6) is 0. The first kappa shape index (κ1) is 23.5. The second-order valence-corrected chi connectivity index (χ2v) is 5.97. The van der Waals surface area contributed by atoms with Gasteiger partial charge in [0.15, 0.2) is 0 Å². The van der Waals surface area contributed by atoms with Gasteiger partial charge in [-0.3, -0.25) is 0 Å². The maximum atomic E-state index is 10.5. The fourth-order valence-electron chi connectivity index (χ4n) is 2.71. The Morgan fingerprint density at radius 3 is 1.23 bits per heavy atom. The van der Waals surface area contributed by atoms with Crippen LogP contribution >= 0.6 is 0 Å². The van der Waals surface area contributed by atoms with Crippen LogP contribution < -0.4 is 0 Å². The van der Waals surface area contributed by atoms with Crippen LogP contribution in [0.3, 0.4) is 0 Å². The molecule has 0 aromatic rings. The predicted molar refractivity (Wildman–Crippen MR) is 96.0 cm³/mol. The molecule has 0 aromatic heterocycles. The summed E-state index contributed by atoms with van der Waals surface area (Å²) in [4.78, 5) is 55.5. The highest BCUT2D eigenvalue weighted by atomic mass is 16.1. The second-order valence-electron chi connectivity index (χ2n) is 5.97. The van der Waals surface area contributed by atoms with Crippen LogP contribution in [0, 0.1) is 0 Å². The molecule has 0 aliphatic rings. The van der Waals surface area contributed by atoms with E-state index in [0.717, 1.165) is 38.5 Å². The van der Waals surface area contributed by atoms with Gasteiger partial charge in [-0.15, -0.1) is 0 Å². The molecule has 0 amide bonds. The second kappa shape index (κ2) is 18.9. The van der Waals surface area contributed by atoms with Crippen molar-refractivity contribution < 1.29 is 19.2 Å². The van der Waals surface area contributed by atoms with Crippen molar-refractivity contribution in [2.24, 2.45) is 20.0 Å². The van der Waals surface area contributed by atoms with Crippen LogP contribution in [-0.2, 0) is 19.2 Å². The first-order chi connectivity index (χ1) is 12.8. The van der Waals surface area contributed by atoms with E-state index in [1.165, 1.54) is 12.2 Å². The maximum Gasteiger partial charge on any atom is 0.235 e. The summed E-state index contributed by atoms with van der Waals surface area (Å²) in [6.45, 7) is 0.816. The molecule has 0 aromatic carbocycles. The third kappa shape index (κ3) is 15.1. The van der Waals surface area contributed by atoms with Crippen LogP contribution in [0.2, 0.25) is 0 Å². The summed E-state index contributed by atoms with van der Waals surface area (Å²) in [5, 5.41) is 0. The van der Waals surface area contributed by atoms with Crippen molar-refractivity contribution in [3.63, 3.8) is 0 Å². The quantitative estimate of drug-likeness (QED) is 0.224. The maximum absolute atomic E-state index is 10.5. The number of unbranched alkanes of at least 4 members (excludes halogenated alkanes) is 3. The Balaban J connectivity index is 3.91. The van der Waals surface area contributed by atoms with Gasteiger partial charge in [-0.1, -0.05) is 25.7 Å². The van der Waals surface area contributed by atoms with Crippen molar-refractivity contribution in [2.45, 2.75) is 76.3 Å². The van der Waals surface area contributed by atoms with E-state index in [-0.39, 0.29) is 12.1 Å². The SMILES string of the molecule is O=C=NCCCC(CCCCCCC(CCCN=C=O)N=C=O)N=C=O. The normalized spacial score (nSPS) is 11.8. The summed E-state index contributed by atoms with van der Waals surface area (Å²) in [5.41, 5.74) is 0. The highest BCUT2D eigenvalue weighted by Crippen LogP contribution is 2.16. The standard InChI is InChI=1S/C18H26N4O4/c23-13-19-11-5-9-17(21-15-25)7-3-1-2-4-8-18(22-16-26)10-6-12-20-14-24/h17-18H,1-12H2. The van der Waals surface area contributed by atoms with Gasteiger partial charge in [0, 0.05) is 0 Å². The summed E-state index contributed by atoms with van der Waals surface area (Å²) in [7, 11) is 0. The number of hydrogen-bond donors (Lipinski definition) is 0. The highest BCUT2D eigenvalue weighted by Gasteiger charge is 2.08. The van der Waals surface area contributed by atoms with E-state index < -0.39 is 0 Å². The monoisotopic (exact) mass is 362 g/mol. The minimum atomic E-state index is -0.0693. The average molecular weight is 362 g/mol. The number of aliphatic imine (C=N–C) groups is 4. The molecule has 0 saturated carbocycles. The van der Waals surface area contributed by atoms with Gasteiger partial charge in [0.2, 0.25) is 24.3 Å². The lowest BCUT2D eigenvalue weighted by Crippen LogP contribution is -2.06. The molecule has 0 N–H and O–H groups in total. The molecule has 0 heterocycles. The van der Waals surface area contributed by atoms with Gasteiger partial charge in [-0.25, -0.2) is 39.1 Å². The van der Waals surface area contributed by atoms with Gasteiger partial charge in [0.1, 0.15) is 0 Å². The third-order valence-corrected chi connectivity index (χ3v) is 4.04.